The number of rotatable bonds is 8. The highest BCUT2D eigenvalue weighted by Gasteiger charge is 2.31. The maximum Gasteiger partial charge on any atom is 0.410 e. The topological polar surface area (TPSA) is 84.9 Å². The quantitative estimate of drug-likeness (QED) is 0.408. The highest BCUT2D eigenvalue weighted by atomic mass is 32.2. The van der Waals surface area contributed by atoms with Gasteiger partial charge in [-0.1, -0.05) is 26.0 Å². The van der Waals surface area contributed by atoms with E-state index in [2.05, 4.69) is 19.2 Å². The molecule has 0 saturated heterocycles. The molecule has 3 rings (SSSR count). The highest BCUT2D eigenvalue weighted by Crippen LogP contribution is 2.38. The normalized spacial score (nSPS) is 12.9. The van der Waals surface area contributed by atoms with Gasteiger partial charge in [0.25, 0.3) is 0 Å². The minimum Gasteiger partial charge on any atom is -0.462 e. The van der Waals surface area contributed by atoms with Crippen LogP contribution in [0.1, 0.15) is 54.1 Å². The number of thioether (sulfide) groups is 1. The summed E-state index contributed by atoms with van der Waals surface area (Å²) in [4.78, 5) is 41.3. The van der Waals surface area contributed by atoms with Crippen LogP contribution in [0.3, 0.4) is 0 Å². The molecule has 0 saturated carbocycles. The van der Waals surface area contributed by atoms with Crippen LogP contribution in [0.25, 0.3) is 0 Å². The minimum atomic E-state index is -0.454. The monoisotopic (exact) mass is 490 g/mol. The number of nitrogens with one attached hydrogen (secondary N) is 1. The molecule has 1 aromatic heterocycles. The number of hydrogen-bond donors (Lipinski definition) is 1. The van der Waals surface area contributed by atoms with Gasteiger partial charge >= 0.3 is 12.1 Å². The first-order chi connectivity index (χ1) is 15.8. The first-order valence-corrected chi connectivity index (χ1v) is 12.8. The third-order valence-corrected chi connectivity index (χ3v) is 7.12. The lowest BCUT2D eigenvalue weighted by Crippen LogP contribution is -2.36. The molecule has 7 nitrogen and oxygen atoms in total. The van der Waals surface area contributed by atoms with Crippen molar-refractivity contribution in [1.29, 1.82) is 0 Å². The minimum absolute atomic E-state index is 0.201. The van der Waals surface area contributed by atoms with Gasteiger partial charge in [0.05, 0.1) is 31.7 Å². The number of thiophene rings is 1. The second kappa shape index (κ2) is 11.6. The molecular weight excluding hydrogens is 460 g/mol. The van der Waals surface area contributed by atoms with E-state index in [0.29, 0.717) is 41.9 Å². The predicted octanol–water partition coefficient (Wildman–Crippen LogP) is 5.12. The van der Waals surface area contributed by atoms with Crippen LogP contribution < -0.4 is 5.32 Å². The fourth-order valence-corrected chi connectivity index (χ4v) is 5.70. The van der Waals surface area contributed by atoms with Crippen molar-refractivity contribution in [3.8, 4) is 0 Å². The van der Waals surface area contributed by atoms with Crippen LogP contribution in [0.4, 0.5) is 9.80 Å². The lowest BCUT2D eigenvalue weighted by Gasteiger charge is -2.26. The Morgan fingerprint density at radius 2 is 1.82 bits per heavy atom. The van der Waals surface area contributed by atoms with Crippen LogP contribution >= 0.6 is 23.1 Å². The number of hydrogen-bond acceptors (Lipinski definition) is 7. The summed E-state index contributed by atoms with van der Waals surface area (Å²) in [6.45, 7) is 9.13. The predicted molar refractivity (Wildman–Crippen MR) is 131 cm³/mol. The zero-order valence-electron chi connectivity index (χ0n) is 19.4. The SMILES string of the molecule is CCOC(=O)c1c(NC(=O)Cc2ccc(SC(C)C)cc2)sc2c1CCN(C(=O)OCC)C2. The largest absolute Gasteiger partial charge is 0.462 e. The molecule has 0 bridgehead atoms. The zero-order chi connectivity index (χ0) is 24.0. The van der Waals surface area contributed by atoms with E-state index in [0.717, 1.165) is 20.9 Å². The van der Waals surface area contributed by atoms with Gasteiger partial charge in [-0.3, -0.25) is 4.79 Å². The Hall–Kier alpha value is -2.52. The van der Waals surface area contributed by atoms with Gasteiger partial charge in [0.1, 0.15) is 5.00 Å². The molecule has 33 heavy (non-hydrogen) atoms. The number of nitrogens with zero attached hydrogens (tertiary/aromatic N) is 1. The van der Waals surface area contributed by atoms with E-state index in [4.69, 9.17) is 9.47 Å². The first-order valence-electron chi connectivity index (χ1n) is 11.1. The van der Waals surface area contributed by atoms with Crippen molar-refractivity contribution in [2.45, 2.75) is 57.2 Å². The van der Waals surface area contributed by atoms with Crippen LogP contribution in [0.5, 0.6) is 0 Å². The molecule has 0 unspecified atom stereocenters. The van der Waals surface area contributed by atoms with E-state index in [1.165, 1.54) is 11.3 Å². The summed E-state index contributed by atoms with van der Waals surface area (Å²) in [5.74, 6) is -0.657. The molecule has 9 heteroatoms. The summed E-state index contributed by atoms with van der Waals surface area (Å²) in [5.41, 5.74) is 2.13. The van der Waals surface area contributed by atoms with Crippen molar-refractivity contribution < 1.29 is 23.9 Å². The second-order valence-electron chi connectivity index (χ2n) is 7.83. The summed E-state index contributed by atoms with van der Waals surface area (Å²) in [6.07, 6.45) is 0.328. The van der Waals surface area contributed by atoms with E-state index < -0.39 is 5.97 Å². The standard InChI is InChI=1S/C24H30N2O5S2/c1-5-30-23(28)21-18-11-12-26(24(29)31-6-2)14-19(18)33-22(21)25-20(27)13-16-7-9-17(10-8-16)32-15(3)4/h7-10,15H,5-6,11-14H2,1-4H3,(H,25,27). The van der Waals surface area contributed by atoms with Gasteiger partial charge in [-0.15, -0.1) is 23.1 Å². The summed E-state index contributed by atoms with van der Waals surface area (Å²) < 4.78 is 10.4. The number of benzene rings is 1. The number of carbonyl (C=O) groups excluding carboxylic acids is 3. The molecule has 178 valence electrons. The Labute approximate surface area is 202 Å². The van der Waals surface area contributed by atoms with Gasteiger partial charge < -0.3 is 19.7 Å². The molecule has 0 fully saturated rings. The van der Waals surface area contributed by atoms with E-state index in [-0.39, 0.29) is 25.0 Å². The number of fused-ring (bicyclic) bond motifs is 1. The average molecular weight is 491 g/mol. The summed E-state index contributed by atoms with van der Waals surface area (Å²) >= 11 is 3.09. The number of anilines is 1. The molecule has 1 aliphatic heterocycles. The van der Waals surface area contributed by atoms with Crippen molar-refractivity contribution in [2.75, 3.05) is 25.1 Å². The molecule has 1 N–H and O–H groups in total. The fraction of sp³-hybridized carbons (Fsp3) is 0.458. The first kappa shape index (κ1) is 25.1. The van der Waals surface area contributed by atoms with Crippen LogP contribution in [0, 0.1) is 0 Å². The summed E-state index contributed by atoms with van der Waals surface area (Å²) in [5, 5.41) is 3.87. The van der Waals surface area contributed by atoms with Gasteiger partial charge in [0.2, 0.25) is 5.91 Å². The van der Waals surface area contributed by atoms with Gasteiger partial charge in [-0.25, -0.2) is 9.59 Å². The fourth-order valence-electron chi connectivity index (χ4n) is 3.60. The smallest absolute Gasteiger partial charge is 0.410 e. The lowest BCUT2D eigenvalue weighted by atomic mass is 10.0. The number of carbonyl (C=O) groups is 3. The zero-order valence-corrected chi connectivity index (χ0v) is 21.1. The molecule has 1 aliphatic rings. The highest BCUT2D eigenvalue weighted by molar-refractivity contribution is 7.99. The third kappa shape index (κ3) is 6.51. The molecule has 2 heterocycles. The molecule has 1 aromatic carbocycles. The van der Waals surface area contributed by atoms with E-state index in [1.54, 1.807) is 30.5 Å². The molecular formula is C24H30N2O5S2. The third-order valence-electron chi connectivity index (χ3n) is 4.98. The van der Waals surface area contributed by atoms with Crippen molar-refractivity contribution in [1.82, 2.24) is 4.90 Å². The van der Waals surface area contributed by atoms with Gasteiger partial charge in [0, 0.05) is 21.6 Å². The average Bonchev–Trinajstić information content (AvgIpc) is 3.12. The molecule has 2 amide bonds. The Balaban J connectivity index is 1.77. The van der Waals surface area contributed by atoms with Gasteiger partial charge in [-0.05, 0) is 43.5 Å². The van der Waals surface area contributed by atoms with Crippen LogP contribution in [0.2, 0.25) is 0 Å². The maximum absolute atomic E-state index is 12.8. The van der Waals surface area contributed by atoms with Crippen LogP contribution in [0.15, 0.2) is 29.2 Å². The Morgan fingerprint density at radius 3 is 2.45 bits per heavy atom. The van der Waals surface area contributed by atoms with E-state index in [9.17, 15) is 14.4 Å². The molecule has 0 atom stereocenters. The lowest BCUT2D eigenvalue weighted by molar-refractivity contribution is -0.115. The second-order valence-corrected chi connectivity index (χ2v) is 10.6. The number of amides is 2. The van der Waals surface area contributed by atoms with Crippen molar-refractivity contribution in [2.24, 2.45) is 0 Å². The van der Waals surface area contributed by atoms with Crippen molar-refractivity contribution >= 4 is 46.1 Å². The van der Waals surface area contributed by atoms with Crippen LogP contribution in [-0.2, 0) is 33.7 Å². The Bertz CT molecular complexity index is 1000. The van der Waals surface area contributed by atoms with Crippen LogP contribution in [-0.4, -0.2) is 47.9 Å². The maximum atomic E-state index is 12.8. The molecule has 0 spiro atoms. The Morgan fingerprint density at radius 1 is 1.12 bits per heavy atom. The van der Waals surface area contributed by atoms with Crippen molar-refractivity contribution in [3.63, 3.8) is 0 Å². The van der Waals surface area contributed by atoms with Crippen molar-refractivity contribution in [3.05, 3.63) is 45.8 Å². The summed E-state index contributed by atoms with van der Waals surface area (Å²) in [6, 6.07) is 7.94. The molecule has 0 radical (unpaired) electrons. The van der Waals surface area contributed by atoms with E-state index >= 15 is 0 Å². The molecule has 0 aliphatic carbocycles. The van der Waals surface area contributed by atoms with E-state index in [1.807, 2.05) is 24.3 Å². The van der Waals surface area contributed by atoms with Gasteiger partial charge in [0.15, 0.2) is 0 Å². The summed E-state index contributed by atoms with van der Waals surface area (Å²) in [7, 11) is 0. The number of esters is 1. The Kier molecular flexibility index (Phi) is 8.80. The number of ether oxygens (including phenoxy) is 2. The van der Waals surface area contributed by atoms with Gasteiger partial charge in [-0.2, -0.15) is 0 Å². The molecule has 2 aromatic rings.